The standard InChI is InChI=1S/C17H20N4O2S/c1-12-15(8-18-16(22)9-20-11-24-10-17(20)23)13(2)21(19-12)14-6-4-3-5-7-14/h3-7H,8-11H2,1-2H3,(H,18,22). The largest absolute Gasteiger partial charge is 0.350 e. The van der Waals surface area contributed by atoms with Gasteiger partial charge in [-0.15, -0.1) is 11.8 Å². The lowest BCUT2D eigenvalue weighted by atomic mass is 10.2. The molecule has 0 spiro atoms. The fourth-order valence-electron chi connectivity index (χ4n) is 2.71. The van der Waals surface area contributed by atoms with Crippen LogP contribution in [0.4, 0.5) is 0 Å². The summed E-state index contributed by atoms with van der Waals surface area (Å²) >= 11 is 1.54. The molecule has 1 saturated heterocycles. The number of benzene rings is 1. The van der Waals surface area contributed by atoms with Gasteiger partial charge in [0.25, 0.3) is 0 Å². The minimum atomic E-state index is -0.142. The molecule has 3 rings (SSSR count). The van der Waals surface area contributed by atoms with Crippen LogP contribution in [0.2, 0.25) is 0 Å². The zero-order valence-electron chi connectivity index (χ0n) is 13.8. The second-order valence-corrected chi connectivity index (χ2v) is 6.70. The number of hydrogen-bond acceptors (Lipinski definition) is 4. The van der Waals surface area contributed by atoms with Crippen LogP contribution in [0.3, 0.4) is 0 Å². The predicted molar refractivity (Wildman–Crippen MR) is 93.9 cm³/mol. The topological polar surface area (TPSA) is 67.2 Å². The molecule has 0 unspecified atom stereocenters. The maximum atomic E-state index is 12.1. The Bertz CT molecular complexity index is 757. The molecule has 0 saturated carbocycles. The predicted octanol–water partition coefficient (Wildman–Crippen LogP) is 1.64. The number of nitrogens with zero attached hydrogens (tertiary/aromatic N) is 3. The first-order valence-corrected chi connectivity index (χ1v) is 8.94. The van der Waals surface area contributed by atoms with Crippen molar-refractivity contribution in [2.75, 3.05) is 18.2 Å². The van der Waals surface area contributed by atoms with Gasteiger partial charge in [-0.3, -0.25) is 9.59 Å². The minimum Gasteiger partial charge on any atom is -0.350 e. The molecular formula is C17H20N4O2S. The van der Waals surface area contributed by atoms with Crippen molar-refractivity contribution in [3.05, 3.63) is 47.3 Å². The Labute approximate surface area is 145 Å². The van der Waals surface area contributed by atoms with E-state index in [1.807, 2.05) is 48.9 Å². The van der Waals surface area contributed by atoms with Gasteiger partial charge in [-0.05, 0) is 26.0 Å². The molecule has 1 aliphatic rings. The molecule has 2 heterocycles. The van der Waals surface area contributed by atoms with E-state index >= 15 is 0 Å². The third-order valence-corrected chi connectivity index (χ3v) is 5.01. The van der Waals surface area contributed by atoms with Crippen LogP contribution in [-0.2, 0) is 16.1 Å². The van der Waals surface area contributed by atoms with Crippen LogP contribution in [0.1, 0.15) is 17.0 Å². The molecule has 0 aliphatic carbocycles. The van der Waals surface area contributed by atoms with Gasteiger partial charge < -0.3 is 10.2 Å². The van der Waals surface area contributed by atoms with E-state index in [0.717, 1.165) is 22.6 Å². The summed E-state index contributed by atoms with van der Waals surface area (Å²) < 4.78 is 1.89. The number of amides is 2. The van der Waals surface area contributed by atoms with E-state index in [4.69, 9.17) is 0 Å². The molecule has 1 aromatic heterocycles. The van der Waals surface area contributed by atoms with Crippen molar-refractivity contribution in [3.63, 3.8) is 0 Å². The summed E-state index contributed by atoms with van der Waals surface area (Å²) in [6, 6.07) is 9.90. The van der Waals surface area contributed by atoms with Crippen molar-refractivity contribution >= 4 is 23.6 Å². The Balaban J connectivity index is 1.66. The number of aryl methyl sites for hydroxylation is 1. The molecule has 1 aliphatic heterocycles. The summed E-state index contributed by atoms with van der Waals surface area (Å²) in [4.78, 5) is 25.2. The van der Waals surface area contributed by atoms with Gasteiger partial charge in [0.15, 0.2) is 0 Å². The summed E-state index contributed by atoms with van der Waals surface area (Å²) in [5, 5.41) is 7.47. The number of rotatable bonds is 5. The molecule has 6 nitrogen and oxygen atoms in total. The Morgan fingerprint density at radius 2 is 2.04 bits per heavy atom. The van der Waals surface area contributed by atoms with Crippen molar-refractivity contribution in [2.24, 2.45) is 0 Å². The first-order valence-electron chi connectivity index (χ1n) is 7.79. The van der Waals surface area contributed by atoms with Gasteiger partial charge in [0.1, 0.15) is 6.54 Å². The number of carbonyl (C=O) groups excluding carboxylic acids is 2. The van der Waals surface area contributed by atoms with Crippen LogP contribution >= 0.6 is 11.8 Å². The van der Waals surface area contributed by atoms with Crippen LogP contribution in [0.5, 0.6) is 0 Å². The molecule has 24 heavy (non-hydrogen) atoms. The van der Waals surface area contributed by atoms with E-state index in [1.165, 1.54) is 11.8 Å². The Hall–Kier alpha value is -2.28. The number of para-hydroxylation sites is 1. The lowest BCUT2D eigenvalue weighted by Crippen LogP contribution is -2.38. The second-order valence-electron chi connectivity index (χ2n) is 5.74. The molecule has 0 bridgehead atoms. The maximum absolute atomic E-state index is 12.1. The van der Waals surface area contributed by atoms with E-state index in [2.05, 4.69) is 10.4 Å². The monoisotopic (exact) mass is 344 g/mol. The van der Waals surface area contributed by atoms with E-state index in [-0.39, 0.29) is 18.4 Å². The smallest absolute Gasteiger partial charge is 0.239 e. The minimum absolute atomic E-state index is 0.0272. The Morgan fingerprint density at radius 1 is 1.29 bits per heavy atom. The van der Waals surface area contributed by atoms with Crippen molar-refractivity contribution < 1.29 is 9.59 Å². The quantitative estimate of drug-likeness (QED) is 0.895. The molecule has 2 aromatic rings. The lowest BCUT2D eigenvalue weighted by Gasteiger charge is -2.14. The lowest BCUT2D eigenvalue weighted by molar-refractivity contribution is -0.132. The van der Waals surface area contributed by atoms with Gasteiger partial charge in [-0.25, -0.2) is 4.68 Å². The van der Waals surface area contributed by atoms with Gasteiger partial charge in [0.05, 0.1) is 23.0 Å². The Morgan fingerprint density at radius 3 is 2.71 bits per heavy atom. The van der Waals surface area contributed by atoms with Crippen LogP contribution in [0.25, 0.3) is 5.69 Å². The highest BCUT2D eigenvalue weighted by Crippen LogP contribution is 2.18. The number of thioether (sulfide) groups is 1. The normalized spacial score (nSPS) is 14.2. The van der Waals surface area contributed by atoms with E-state index in [0.29, 0.717) is 18.2 Å². The highest BCUT2D eigenvalue weighted by atomic mass is 32.2. The SMILES string of the molecule is Cc1nn(-c2ccccc2)c(C)c1CNC(=O)CN1CSCC1=O. The molecule has 1 N–H and O–H groups in total. The van der Waals surface area contributed by atoms with Crippen LogP contribution in [-0.4, -0.2) is 44.7 Å². The number of nitrogens with one attached hydrogen (secondary N) is 1. The molecule has 0 atom stereocenters. The maximum Gasteiger partial charge on any atom is 0.239 e. The average Bonchev–Trinajstić information content (AvgIpc) is 3.10. The summed E-state index contributed by atoms with van der Waals surface area (Å²) in [7, 11) is 0. The number of hydrogen-bond donors (Lipinski definition) is 1. The Kier molecular flexibility index (Phi) is 4.89. The van der Waals surface area contributed by atoms with Gasteiger partial charge in [-0.1, -0.05) is 18.2 Å². The van der Waals surface area contributed by atoms with Gasteiger partial charge >= 0.3 is 0 Å². The summed E-state index contributed by atoms with van der Waals surface area (Å²) in [5.41, 5.74) is 3.90. The van der Waals surface area contributed by atoms with Crippen molar-refractivity contribution in [3.8, 4) is 5.69 Å². The first-order chi connectivity index (χ1) is 11.6. The molecule has 126 valence electrons. The van der Waals surface area contributed by atoms with Crippen molar-refractivity contribution in [1.82, 2.24) is 20.0 Å². The zero-order chi connectivity index (χ0) is 17.1. The van der Waals surface area contributed by atoms with Crippen molar-refractivity contribution in [1.29, 1.82) is 0 Å². The first kappa shape index (κ1) is 16.6. The van der Waals surface area contributed by atoms with E-state index < -0.39 is 0 Å². The van der Waals surface area contributed by atoms with Gasteiger partial charge in [0.2, 0.25) is 11.8 Å². The van der Waals surface area contributed by atoms with Crippen LogP contribution < -0.4 is 5.32 Å². The summed E-state index contributed by atoms with van der Waals surface area (Å²) in [6.45, 7) is 4.47. The third-order valence-electron chi connectivity index (χ3n) is 4.06. The van der Waals surface area contributed by atoms with Gasteiger partial charge in [-0.2, -0.15) is 5.10 Å². The number of carbonyl (C=O) groups is 2. The van der Waals surface area contributed by atoms with Crippen LogP contribution in [0.15, 0.2) is 30.3 Å². The highest BCUT2D eigenvalue weighted by molar-refractivity contribution is 8.00. The van der Waals surface area contributed by atoms with Crippen LogP contribution in [0, 0.1) is 13.8 Å². The second kappa shape index (κ2) is 7.09. The molecule has 0 radical (unpaired) electrons. The van der Waals surface area contributed by atoms with Crippen molar-refractivity contribution in [2.45, 2.75) is 20.4 Å². The highest BCUT2D eigenvalue weighted by Gasteiger charge is 2.23. The summed E-state index contributed by atoms with van der Waals surface area (Å²) in [5.74, 6) is 0.947. The molecule has 1 aromatic carbocycles. The average molecular weight is 344 g/mol. The van der Waals surface area contributed by atoms with E-state index in [1.54, 1.807) is 4.90 Å². The fourth-order valence-corrected chi connectivity index (χ4v) is 3.61. The summed E-state index contributed by atoms with van der Waals surface area (Å²) in [6.07, 6.45) is 0. The fraction of sp³-hybridized carbons (Fsp3) is 0.353. The zero-order valence-corrected chi connectivity index (χ0v) is 14.6. The molecule has 2 amide bonds. The van der Waals surface area contributed by atoms with E-state index in [9.17, 15) is 9.59 Å². The van der Waals surface area contributed by atoms with Gasteiger partial charge in [0, 0.05) is 17.8 Å². The molecule has 1 fully saturated rings. The molecular weight excluding hydrogens is 324 g/mol. The number of aromatic nitrogens is 2. The molecule has 7 heteroatoms. The third kappa shape index (κ3) is 3.46.